The Morgan fingerprint density at radius 1 is 1.16 bits per heavy atom. The van der Waals surface area contributed by atoms with Crippen molar-refractivity contribution in [2.24, 2.45) is 0 Å². The molecule has 1 aliphatic heterocycles. The molecule has 96 valence electrons. The van der Waals surface area contributed by atoms with E-state index >= 15 is 0 Å². The molecule has 19 heavy (non-hydrogen) atoms. The maximum atomic E-state index is 12.4. The summed E-state index contributed by atoms with van der Waals surface area (Å²) in [7, 11) is 0. The minimum atomic E-state index is -1.30. The van der Waals surface area contributed by atoms with Gasteiger partial charge in [-0.05, 0) is 18.2 Å². The molecule has 4 nitrogen and oxygen atoms in total. The zero-order valence-electron chi connectivity index (χ0n) is 9.41. The molecule has 0 saturated heterocycles. The monoisotopic (exact) mass is 271 g/mol. The van der Waals surface area contributed by atoms with Gasteiger partial charge in [0, 0.05) is 17.7 Å². The van der Waals surface area contributed by atoms with E-state index in [0.29, 0.717) is 5.16 Å². The van der Waals surface area contributed by atoms with Crippen molar-refractivity contribution in [2.45, 2.75) is 23.9 Å². The first-order chi connectivity index (χ1) is 8.83. The topological polar surface area (TPSA) is 53.2 Å². The number of aromatic nitrogens is 3. The van der Waals surface area contributed by atoms with Gasteiger partial charge in [0.25, 0.3) is 0 Å². The molecule has 1 atom stereocenters. The van der Waals surface area contributed by atoms with Crippen LogP contribution in [0.25, 0.3) is 5.52 Å². The second-order valence-corrected chi connectivity index (χ2v) is 5.60. The molecule has 0 N–H and O–H groups in total. The van der Waals surface area contributed by atoms with Gasteiger partial charge in [0.05, 0.1) is 22.9 Å². The van der Waals surface area contributed by atoms with Crippen LogP contribution in [0.2, 0.25) is 0 Å². The van der Waals surface area contributed by atoms with Gasteiger partial charge in [0.15, 0.2) is 4.90 Å². The van der Waals surface area contributed by atoms with Crippen molar-refractivity contribution in [1.29, 1.82) is 0 Å². The molecule has 2 bridgehead atoms. The second-order valence-electron chi connectivity index (χ2n) is 4.26. The van der Waals surface area contributed by atoms with Gasteiger partial charge in [-0.25, -0.2) is 4.52 Å². The van der Waals surface area contributed by atoms with Crippen molar-refractivity contribution in [3.63, 3.8) is 0 Å². The zero-order chi connectivity index (χ0) is 12.1. The number of benzene rings is 1. The molecule has 0 aliphatic carbocycles. The predicted molar refractivity (Wildman–Crippen MR) is 73.6 cm³/mol. The minimum absolute atomic E-state index is 0. The van der Waals surface area contributed by atoms with Crippen LogP contribution in [-0.2, 0) is 17.6 Å². The molecule has 5 heteroatoms. The fourth-order valence-electron chi connectivity index (χ4n) is 2.28. The fourth-order valence-corrected chi connectivity index (χ4v) is 3.37. The van der Waals surface area contributed by atoms with E-state index in [1.165, 1.54) is 0 Å². The molecule has 1 aliphatic rings. The summed E-state index contributed by atoms with van der Waals surface area (Å²) in [5.41, 5.74) is 3.11. The van der Waals surface area contributed by atoms with Crippen LogP contribution >= 0.6 is 0 Å². The molecule has 0 radical (unpaired) electrons. The van der Waals surface area contributed by atoms with Crippen LogP contribution < -0.4 is 0 Å². The first-order valence-electron chi connectivity index (χ1n) is 5.66. The largest absolute Gasteiger partial charge is 0.604 e. The standard InChI is InChI=1S/C13H9N3OS.CH4/c17-18-12-4-2-1-3-9(12)7-10-5-6-11-8-14-13(18)15-16(10)11;/h1-6,8H,7H2;1H4. The fraction of sp³-hybridized carbons (Fsp3) is 0.143. The highest BCUT2D eigenvalue weighted by atomic mass is 32.2. The van der Waals surface area contributed by atoms with Crippen molar-refractivity contribution in [2.75, 3.05) is 0 Å². The molecule has 1 aromatic carbocycles. The van der Waals surface area contributed by atoms with Crippen molar-refractivity contribution in [3.05, 3.63) is 53.9 Å². The van der Waals surface area contributed by atoms with Gasteiger partial charge in [-0.3, -0.25) is 0 Å². The molecular formula is C14H13N3OS. The van der Waals surface area contributed by atoms with E-state index in [9.17, 15) is 4.55 Å². The third kappa shape index (κ3) is 1.74. The Labute approximate surface area is 114 Å². The number of hydrogen-bond acceptors (Lipinski definition) is 3. The summed E-state index contributed by atoms with van der Waals surface area (Å²) >= 11 is -1.30. The molecule has 3 aromatic rings. The van der Waals surface area contributed by atoms with Crippen LogP contribution in [0.4, 0.5) is 0 Å². The molecule has 0 spiro atoms. The lowest BCUT2D eigenvalue weighted by Gasteiger charge is -2.15. The Morgan fingerprint density at radius 2 is 2.00 bits per heavy atom. The minimum Gasteiger partial charge on any atom is -0.604 e. The van der Waals surface area contributed by atoms with Crippen LogP contribution in [0.15, 0.2) is 52.6 Å². The Hall–Kier alpha value is -1.85. The lowest BCUT2D eigenvalue weighted by molar-refractivity contribution is 0.576. The lowest BCUT2D eigenvalue weighted by Crippen LogP contribution is -2.15. The average molecular weight is 271 g/mol. The van der Waals surface area contributed by atoms with Gasteiger partial charge in [0.2, 0.25) is 0 Å². The second kappa shape index (κ2) is 4.36. The molecule has 3 heterocycles. The third-order valence-electron chi connectivity index (χ3n) is 3.17. The molecule has 1 unspecified atom stereocenters. The Morgan fingerprint density at radius 3 is 2.89 bits per heavy atom. The van der Waals surface area contributed by atoms with Crippen LogP contribution in [0.5, 0.6) is 0 Å². The van der Waals surface area contributed by atoms with E-state index in [1.807, 2.05) is 40.9 Å². The Kier molecular flexibility index (Phi) is 2.80. The summed E-state index contributed by atoms with van der Waals surface area (Å²) in [5, 5.41) is 4.73. The summed E-state index contributed by atoms with van der Waals surface area (Å²) in [6, 6.07) is 11.8. The molecule has 0 saturated carbocycles. The van der Waals surface area contributed by atoms with Gasteiger partial charge in [0.1, 0.15) is 0 Å². The van der Waals surface area contributed by atoms with Gasteiger partial charge in [-0.15, -0.1) is 0 Å². The Balaban J connectivity index is 0.00000110. The number of hydrogen-bond donors (Lipinski definition) is 0. The smallest absolute Gasteiger partial charge is 0.366 e. The SMILES string of the molecule is C.[O-][S+]1c2ncc3ccc(n3n2)Cc2ccccc21. The van der Waals surface area contributed by atoms with Crippen molar-refractivity contribution in [1.82, 2.24) is 14.6 Å². The van der Waals surface area contributed by atoms with E-state index < -0.39 is 11.2 Å². The molecule has 2 aromatic heterocycles. The highest BCUT2D eigenvalue weighted by molar-refractivity contribution is 7.91. The van der Waals surface area contributed by atoms with E-state index in [2.05, 4.69) is 10.1 Å². The highest BCUT2D eigenvalue weighted by Crippen LogP contribution is 2.26. The van der Waals surface area contributed by atoms with Gasteiger partial charge >= 0.3 is 5.16 Å². The number of fused-ring (bicyclic) bond motifs is 2. The molecule has 0 amide bonds. The summed E-state index contributed by atoms with van der Waals surface area (Å²) in [6.45, 7) is 0. The van der Waals surface area contributed by atoms with Crippen LogP contribution in [-0.4, -0.2) is 19.2 Å². The molecule has 4 rings (SSSR count). The first kappa shape index (κ1) is 12.2. The van der Waals surface area contributed by atoms with Gasteiger partial charge in [-0.1, -0.05) is 30.7 Å². The van der Waals surface area contributed by atoms with Crippen LogP contribution in [0.1, 0.15) is 18.7 Å². The van der Waals surface area contributed by atoms with Crippen molar-refractivity contribution < 1.29 is 4.55 Å². The van der Waals surface area contributed by atoms with E-state index in [1.54, 1.807) is 6.20 Å². The summed E-state index contributed by atoms with van der Waals surface area (Å²) in [4.78, 5) is 5.00. The van der Waals surface area contributed by atoms with E-state index in [0.717, 1.165) is 28.1 Å². The zero-order valence-corrected chi connectivity index (χ0v) is 10.2. The predicted octanol–water partition coefficient (Wildman–Crippen LogP) is 2.44. The van der Waals surface area contributed by atoms with E-state index in [-0.39, 0.29) is 7.43 Å². The molecule has 0 fully saturated rings. The Bertz CT molecular complexity index is 753. The van der Waals surface area contributed by atoms with Crippen LogP contribution in [0, 0.1) is 0 Å². The lowest BCUT2D eigenvalue weighted by atomic mass is 10.1. The first-order valence-corrected chi connectivity index (χ1v) is 6.81. The van der Waals surface area contributed by atoms with Crippen molar-refractivity contribution in [3.8, 4) is 0 Å². The van der Waals surface area contributed by atoms with Crippen molar-refractivity contribution >= 4 is 16.7 Å². The number of nitrogens with zero attached hydrogens (tertiary/aromatic N) is 3. The summed E-state index contributed by atoms with van der Waals surface area (Å²) in [5.74, 6) is 0. The number of rotatable bonds is 0. The third-order valence-corrected chi connectivity index (χ3v) is 4.48. The molecular weight excluding hydrogens is 258 g/mol. The summed E-state index contributed by atoms with van der Waals surface area (Å²) < 4.78 is 14.3. The van der Waals surface area contributed by atoms with Crippen LogP contribution in [0.3, 0.4) is 0 Å². The maximum absolute atomic E-state index is 12.4. The van der Waals surface area contributed by atoms with E-state index in [4.69, 9.17) is 0 Å². The normalized spacial score (nSPS) is 16.6. The average Bonchev–Trinajstić information content (AvgIpc) is 2.79. The maximum Gasteiger partial charge on any atom is 0.366 e. The summed E-state index contributed by atoms with van der Waals surface area (Å²) in [6.07, 6.45) is 2.46. The quantitative estimate of drug-likeness (QED) is 0.590. The van der Waals surface area contributed by atoms with Gasteiger partial charge < -0.3 is 4.55 Å². The highest BCUT2D eigenvalue weighted by Gasteiger charge is 2.25. The van der Waals surface area contributed by atoms with Gasteiger partial charge in [-0.2, -0.15) is 4.98 Å².